The maximum Gasteiger partial charge on any atom is 0.341 e. The van der Waals surface area contributed by atoms with Crippen LogP contribution in [0.15, 0.2) is 12.3 Å². The number of hydrogen-bond donors (Lipinski definition) is 1. The molecule has 1 heterocycles. The molecule has 19 heavy (non-hydrogen) atoms. The molecule has 0 spiro atoms. The zero-order valence-corrected chi connectivity index (χ0v) is 12.0. The Morgan fingerprint density at radius 2 is 2.16 bits per heavy atom. The van der Waals surface area contributed by atoms with Crippen LogP contribution in [-0.4, -0.2) is 17.1 Å². The summed E-state index contributed by atoms with van der Waals surface area (Å²) in [5, 5.41) is 0.136. The normalized spacial score (nSPS) is 27.0. The number of aromatic nitrogens is 1. The highest BCUT2D eigenvalue weighted by molar-refractivity contribution is 6.32. The van der Waals surface area contributed by atoms with Gasteiger partial charge in [-0.25, -0.2) is 9.78 Å². The minimum atomic E-state index is -0.434. The molecule has 2 rings (SSSR count). The molecule has 1 aromatic rings. The van der Waals surface area contributed by atoms with Crippen molar-refractivity contribution >= 4 is 23.3 Å². The Morgan fingerprint density at radius 1 is 1.42 bits per heavy atom. The number of nitrogen functional groups attached to an aromatic ring is 1. The minimum absolute atomic E-state index is 0.0313. The first-order chi connectivity index (χ1) is 8.97. The number of nitrogens with two attached hydrogens (primary N) is 1. The van der Waals surface area contributed by atoms with Gasteiger partial charge >= 0.3 is 5.97 Å². The average Bonchev–Trinajstić information content (AvgIpc) is 2.36. The van der Waals surface area contributed by atoms with E-state index >= 15 is 0 Å². The fraction of sp³-hybridized carbons (Fsp3) is 0.571. The van der Waals surface area contributed by atoms with Crippen molar-refractivity contribution in [3.63, 3.8) is 0 Å². The van der Waals surface area contributed by atoms with E-state index in [4.69, 9.17) is 22.1 Å². The summed E-state index contributed by atoms with van der Waals surface area (Å²) in [6.45, 7) is 4.43. The van der Waals surface area contributed by atoms with Gasteiger partial charge in [-0.2, -0.15) is 0 Å². The lowest BCUT2D eigenvalue weighted by molar-refractivity contribution is 0.00877. The van der Waals surface area contributed by atoms with Gasteiger partial charge in [0, 0.05) is 0 Å². The average molecular weight is 283 g/mol. The summed E-state index contributed by atoms with van der Waals surface area (Å²) in [4.78, 5) is 15.9. The number of pyridine rings is 1. The second-order valence-electron chi connectivity index (χ2n) is 5.40. The van der Waals surface area contributed by atoms with Crippen LogP contribution in [0.4, 0.5) is 5.69 Å². The predicted molar refractivity (Wildman–Crippen MR) is 75.0 cm³/mol. The zero-order valence-electron chi connectivity index (χ0n) is 11.2. The number of carbonyl (C=O) groups excluding carboxylic acids is 1. The number of carbonyl (C=O) groups is 1. The van der Waals surface area contributed by atoms with Crippen molar-refractivity contribution in [2.45, 2.75) is 39.2 Å². The molecule has 104 valence electrons. The number of nitrogens with zero attached hydrogens (tertiary/aromatic N) is 1. The largest absolute Gasteiger partial charge is 0.459 e. The van der Waals surface area contributed by atoms with Crippen molar-refractivity contribution in [3.05, 3.63) is 23.0 Å². The lowest BCUT2D eigenvalue weighted by atomic mass is 9.80. The molecule has 2 N–H and O–H groups in total. The molecule has 0 radical (unpaired) electrons. The van der Waals surface area contributed by atoms with Crippen LogP contribution in [0.3, 0.4) is 0 Å². The van der Waals surface area contributed by atoms with E-state index < -0.39 is 5.97 Å². The highest BCUT2D eigenvalue weighted by Crippen LogP contribution is 2.31. The molecule has 4 nitrogen and oxygen atoms in total. The van der Waals surface area contributed by atoms with E-state index in [0.717, 1.165) is 19.3 Å². The zero-order chi connectivity index (χ0) is 14.0. The number of esters is 1. The fourth-order valence-electron chi connectivity index (χ4n) is 2.43. The van der Waals surface area contributed by atoms with Gasteiger partial charge in [0.05, 0.1) is 17.4 Å². The summed E-state index contributed by atoms with van der Waals surface area (Å²) in [5.74, 6) is 0.824. The van der Waals surface area contributed by atoms with E-state index in [-0.39, 0.29) is 16.8 Å². The van der Waals surface area contributed by atoms with Gasteiger partial charge in [0.15, 0.2) is 0 Å². The van der Waals surface area contributed by atoms with Gasteiger partial charge in [0.1, 0.15) is 11.3 Å². The first-order valence-corrected chi connectivity index (χ1v) is 6.97. The standard InChI is InChI=1S/C14H19ClN2O2/c1-8-3-4-11(5-9(8)2)19-14(18)12-6-10(16)7-17-13(12)15/h6-9,11H,3-5,16H2,1-2H3. The quantitative estimate of drug-likeness (QED) is 0.668. The molecule has 0 aromatic carbocycles. The van der Waals surface area contributed by atoms with Crippen molar-refractivity contribution in [1.29, 1.82) is 0 Å². The Bertz CT molecular complexity index is 479. The second-order valence-corrected chi connectivity index (χ2v) is 5.76. The van der Waals surface area contributed by atoms with Gasteiger partial charge < -0.3 is 10.5 Å². The van der Waals surface area contributed by atoms with Crippen LogP contribution in [0.25, 0.3) is 0 Å². The number of rotatable bonds is 2. The SMILES string of the molecule is CC1CCC(OC(=O)c2cc(N)cnc2Cl)CC1C. The van der Waals surface area contributed by atoms with Gasteiger partial charge in [-0.1, -0.05) is 25.4 Å². The van der Waals surface area contributed by atoms with Crippen LogP contribution in [0.5, 0.6) is 0 Å². The maximum atomic E-state index is 12.1. The Hall–Kier alpha value is -1.29. The highest BCUT2D eigenvalue weighted by atomic mass is 35.5. The van der Waals surface area contributed by atoms with Crippen LogP contribution in [0, 0.1) is 11.8 Å². The molecule has 1 aromatic heterocycles. The van der Waals surface area contributed by atoms with Crippen molar-refractivity contribution in [2.75, 3.05) is 5.73 Å². The van der Waals surface area contributed by atoms with E-state index in [0.29, 0.717) is 17.5 Å². The molecular weight excluding hydrogens is 264 g/mol. The molecular formula is C14H19ClN2O2. The lowest BCUT2D eigenvalue weighted by Gasteiger charge is -2.31. The molecule has 1 saturated carbocycles. The molecule has 1 fully saturated rings. The summed E-state index contributed by atoms with van der Waals surface area (Å²) in [7, 11) is 0. The first-order valence-electron chi connectivity index (χ1n) is 6.59. The van der Waals surface area contributed by atoms with Crippen LogP contribution in [-0.2, 0) is 4.74 Å². The Morgan fingerprint density at radius 3 is 2.84 bits per heavy atom. The second kappa shape index (κ2) is 5.78. The summed E-state index contributed by atoms with van der Waals surface area (Å²) >= 11 is 5.89. The molecule has 0 aliphatic heterocycles. The van der Waals surface area contributed by atoms with Crippen LogP contribution >= 0.6 is 11.6 Å². The van der Waals surface area contributed by atoms with Gasteiger partial charge in [0.2, 0.25) is 0 Å². The summed E-state index contributed by atoms with van der Waals surface area (Å²) in [6.07, 6.45) is 4.28. The molecule has 0 bridgehead atoms. The fourth-order valence-corrected chi connectivity index (χ4v) is 2.61. The van der Waals surface area contributed by atoms with E-state index in [9.17, 15) is 4.79 Å². The predicted octanol–water partition coefficient (Wildman–Crippen LogP) is 3.30. The Labute approximate surface area is 118 Å². The molecule has 1 aliphatic rings. The smallest absolute Gasteiger partial charge is 0.341 e. The summed E-state index contributed by atoms with van der Waals surface area (Å²) in [5.41, 5.74) is 6.26. The summed E-state index contributed by atoms with van der Waals surface area (Å²) in [6, 6.07) is 1.51. The van der Waals surface area contributed by atoms with Crippen molar-refractivity contribution in [3.8, 4) is 0 Å². The monoisotopic (exact) mass is 282 g/mol. The van der Waals surface area contributed by atoms with Crippen LogP contribution in [0.2, 0.25) is 5.15 Å². The minimum Gasteiger partial charge on any atom is -0.459 e. The van der Waals surface area contributed by atoms with Crippen molar-refractivity contribution in [1.82, 2.24) is 4.98 Å². The number of anilines is 1. The van der Waals surface area contributed by atoms with E-state index in [2.05, 4.69) is 18.8 Å². The van der Waals surface area contributed by atoms with Crippen molar-refractivity contribution in [2.24, 2.45) is 11.8 Å². The number of halogens is 1. The third-order valence-electron chi connectivity index (χ3n) is 3.90. The van der Waals surface area contributed by atoms with Crippen LogP contribution < -0.4 is 5.73 Å². The molecule has 1 aliphatic carbocycles. The first kappa shape index (κ1) is 14.1. The van der Waals surface area contributed by atoms with Crippen LogP contribution in [0.1, 0.15) is 43.5 Å². The summed E-state index contributed by atoms with van der Waals surface area (Å²) < 4.78 is 5.51. The van der Waals surface area contributed by atoms with Crippen molar-refractivity contribution < 1.29 is 9.53 Å². The van der Waals surface area contributed by atoms with Gasteiger partial charge in [-0.3, -0.25) is 0 Å². The Balaban J connectivity index is 2.03. The van der Waals surface area contributed by atoms with E-state index in [1.807, 2.05) is 0 Å². The third-order valence-corrected chi connectivity index (χ3v) is 4.21. The number of hydrogen-bond acceptors (Lipinski definition) is 4. The molecule has 0 saturated heterocycles. The third kappa shape index (κ3) is 3.38. The maximum absolute atomic E-state index is 12.1. The van der Waals surface area contributed by atoms with Gasteiger partial charge in [-0.05, 0) is 37.2 Å². The Kier molecular flexibility index (Phi) is 4.30. The van der Waals surface area contributed by atoms with E-state index in [1.165, 1.54) is 12.3 Å². The molecule has 3 atom stereocenters. The number of ether oxygens (including phenoxy) is 1. The topological polar surface area (TPSA) is 65.2 Å². The van der Waals surface area contributed by atoms with Gasteiger partial charge in [-0.15, -0.1) is 0 Å². The molecule has 3 unspecified atom stereocenters. The lowest BCUT2D eigenvalue weighted by Crippen LogP contribution is -2.28. The molecule has 5 heteroatoms. The van der Waals surface area contributed by atoms with E-state index in [1.54, 1.807) is 0 Å². The van der Waals surface area contributed by atoms with Gasteiger partial charge in [0.25, 0.3) is 0 Å². The molecule has 0 amide bonds. The highest BCUT2D eigenvalue weighted by Gasteiger charge is 2.28.